The molecule has 116 valence electrons. The van der Waals surface area contributed by atoms with Crippen molar-refractivity contribution in [1.82, 2.24) is 5.32 Å². The van der Waals surface area contributed by atoms with Gasteiger partial charge in [-0.15, -0.1) is 0 Å². The molecule has 0 aromatic heterocycles. The van der Waals surface area contributed by atoms with E-state index < -0.39 is 6.61 Å². The molecule has 0 aliphatic carbocycles. The highest BCUT2D eigenvalue weighted by atomic mass is 19.3. The van der Waals surface area contributed by atoms with Crippen LogP contribution in [0.3, 0.4) is 0 Å². The predicted molar refractivity (Wildman–Crippen MR) is 76.6 cm³/mol. The lowest BCUT2D eigenvalue weighted by Crippen LogP contribution is -2.30. The van der Waals surface area contributed by atoms with Gasteiger partial charge in [0.1, 0.15) is 0 Å². The molecule has 1 atom stereocenters. The van der Waals surface area contributed by atoms with Gasteiger partial charge in [-0.2, -0.15) is 8.78 Å². The van der Waals surface area contributed by atoms with E-state index in [1.165, 1.54) is 25.3 Å². The Bertz CT molecular complexity index is 504. The molecule has 1 rings (SSSR count). The van der Waals surface area contributed by atoms with Crippen molar-refractivity contribution in [2.24, 2.45) is 0 Å². The molecule has 0 fully saturated rings. The Kier molecular flexibility index (Phi) is 6.65. The van der Waals surface area contributed by atoms with Crippen LogP contribution in [0, 0.1) is 0 Å². The van der Waals surface area contributed by atoms with Crippen molar-refractivity contribution in [3.05, 3.63) is 29.8 Å². The zero-order valence-corrected chi connectivity index (χ0v) is 12.2. The SMILES string of the molecule is CCC(C)NC(=O)/C=C/c1ccc(OC(F)F)c(OC)c1. The summed E-state index contributed by atoms with van der Waals surface area (Å²) in [5.41, 5.74) is 0.646. The molecule has 0 aliphatic rings. The lowest BCUT2D eigenvalue weighted by molar-refractivity contribution is -0.117. The fraction of sp³-hybridized carbons (Fsp3) is 0.400. The summed E-state index contributed by atoms with van der Waals surface area (Å²) >= 11 is 0. The lowest BCUT2D eigenvalue weighted by atomic mass is 10.2. The van der Waals surface area contributed by atoms with Gasteiger partial charge in [-0.3, -0.25) is 4.79 Å². The van der Waals surface area contributed by atoms with Crippen molar-refractivity contribution >= 4 is 12.0 Å². The van der Waals surface area contributed by atoms with Gasteiger partial charge in [0.05, 0.1) is 7.11 Å². The van der Waals surface area contributed by atoms with Crippen molar-refractivity contribution in [1.29, 1.82) is 0 Å². The fourth-order valence-electron chi connectivity index (χ4n) is 1.55. The molecule has 0 radical (unpaired) electrons. The van der Waals surface area contributed by atoms with Crippen LogP contribution in [0.15, 0.2) is 24.3 Å². The van der Waals surface area contributed by atoms with Crippen LogP contribution in [0.1, 0.15) is 25.8 Å². The molecule has 0 spiro atoms. The molecular weight excluding hydrogens is 280 g/mol. The highest BCUT2D eigenvalue weighted by molar-refractivity contribution is 5.91. The van der Waals surface area contributed by atoms with E-state index in [0.29, 0.717) is 5.56 Å². The number of hydrogen-bond donors (Lipinski definition) is 1. The summed E-state index contributed by atoms with van der Waals surface area (Å²) in [6.07, 6.45) is 3.80. The second-order valence-corrected chi connectivity index (χ2v) is 4.44. The van der Waals surface area contributed by atoms with E-state index in [2.05, 4.69) is 10.1 Å². The van der Waals surface area contributed by atoms with Gasteiger partial charge in [0.25, 0.3) is 0 Å². The molecule has 1 unspecified atom stereocenters. The average molecular weight is 299 g/mol. The number of hydrogen-bond acceptors (Lipinski definition) is 3. The molecule has 21 heavy (non-hydrogen) atoms. The number of carbonyl (C=O) groups excluding carboxylic acids is 1. The maximum Gasteiger partial charge on any atom is 0.387 e. The third kappa shape index (κ3) is 5.81. The molecule has 6 heteroatoms. The Balaban J connectivity index is 2.78. The van der Waals surface area contributed by atoms with Crippen LogP contribution in [0.2, 0.25) is 0 Å². The molecule has 0 saturated heterocycles. The molecule has 1 N–H and O–H groups in total. The minimum atomic E-state index is -2.92. The molecule has 1 aromatic rings. The van der Waals surface area contributed by atoms with Crippen LogP contribution < -0.4 is 14.8 Å². The number of ether oxygens (including phenoxy) is 2. The van der Waals surface area contributed by atoms with Crippen LogP contribution in [0.25, 0.3) is 6.08 Å². The van der Waals surface area contributed by atoms with Crippen molar-refractivity contribution in [3.8, 4) is 11.5 Å². The smallest absolute Gasteiger partial charge is 0.387 e. The molecule has 0 bridgehead atoms. The van der Waals surface area contributed by atoms with Crippen molar-refractivity contribution in [3.63, 3.8) is 0 Å². The van der Waals surface area contributed by atoms with Crippen LogP contribution >= 0.6 is 0 Å². The van der Waals surface area contributed by atoms with Crippen molar-refractivity contribution < 1.29 is 23.0 Å². The number of halogens is 2. The van der Waals surface area contributed by atoms with Gasteiger partial charge < -0.3 is 14.8 Å². The molecule has 1 aromatic carbocycles. The predicted octanol–water partition coefficient (Wildman–Crippen LogP) is 3.22. The second kappa shape index (κ2) is 8.24. The van der Waals surface area contributed by atoms with E-state index in [0.717, 1.165) is 6.42 Å². The monoisotopic (exact) mass is 299 g/mol. The Morgan fingerprint density at radius 2 is 2.10 bits per heavy atom. The first kappa shape index (κ1) is 16.9. The normalized spacial score (nSPS) is 12.5. The molecule has 0 heterocycles. The summed E-state index contributed by atoms with van der Waals surface area (Å²) in [6.45, 7) is 0.966. The van der Waals surface area contributed by atoms with E-state index in [9.17, 15) is 13.6 Å². The summed E-state index contributed by atoms with van der Waals surface area (Å²) in [6, 6.07) is 4.55. The van der Waals surface area contributed by atoms with Crippen LogP contribution in [-0.4, -0.2) is 25.7 Å². The maximum absolute atomic E-state index is 12.2. The van der Waals surface area contributed by atoms with Gasteiger partial charge in [0.2, 0.25) is 5.91 Å². The van der Waals surface area contributed by atoms with E-state index in [1.807, 2.05) is 13.8 Å². The lowest BCUT2D eigenvalue weighted by Gasteiger charge is -2.10. The minimum absolute atomic E-state index is 0.0475. The van der Waals surface area contributed by atoms with Crippen molar-refractivity contribution in [2.75, 3.05) is 7.11 Å². The largest absolute Gasteiger partial charge is 0.493 e. The molecule has 0 saturated carbocycles. The molecule has 1 amide bonds. The number of carbonyl (C=O) groups is 1. The Hall–Kier alpha value is -2.11. The number of nitrogens with one attached hydrogen (secondary N) is 1. The highest BCUT2D eigenvalue weighted by Gasteiger charge is 2.10. The topological polar surface area (TPSA) is 47.6 Å². The first-order valence-corrected chi connectivity index (χ1v) is 6.57. The Labute approximate surface area is 122 Å². The zero-order chi connectivity index (χ0) is 15.8. The van der Waals surface area contributed by atoms with Crippen LogP contribution in [0.5, 0.6) is 11.5 Å². The Morgan fingerprint density at radius 1 is 1.38 bits per heavy atom. The molecule has 4 nitrogen and oxygen atoms in total. The summed E-state index contributed by atoms with van der Waals surface area (Å²) < 4.78 is 33.7. The first-order chi connectivity index (χ1) is 9.96. The van der Waals surface area contributed by atoms with E-state index in [1.54, 1.807) is 12.1 Å². The summed E-state index contributed by atoms with van der Waals surface area (Å²) in [5.74, 6) is -0.0790. The maximum atomic E-state index is 12.2. The van der Waals surface area contributed by atoms with Gasteiger partial charge >= 0.3 is 6.61 Å². The van der Waals surface area contributed by atoms with E-state index in [4.69, 9.17) is 4.74 Å². The van der Waals surface area contributed by atoms with E-state index in [-0.39, 0.29) is 23.4 Å². The minimum Gasteiger partial charge on any atom is -0.493 e. The Morgan fingerprint density at radius 3 is 2.67 bits per heavy atom. The average Bonchev–Trinajstić information content (AvgIpc) is 2.45. The van der Waals surface area contributed by atoms with Gasteiger partial charge in [0, 0.05) is 12.1 Å². The van der Waals surface area contributed by atoms with Crippen LogP contribution in [-0.2, 0) is 4.79 Å². The number of alkyl halides is 2. The summed E-state index contributed by atoms with van der Waals surface area (Å²) in [4.78, 5) is 11.6. The van der Waals surface area contributed by atoms with Gasteiger partial charge in [-0.25, -0.2) is 0 Å². The number of methoxy groups -OCH3 is 1. The zero-order valence-electron chi connectivity index (χ0n) is 12.2. The standard InChI is InChI=1S/C15H19F2NO3/c1-4-10(2)18-14(19)8-6-11-5-7-12(21-15(16)17)13(9-11)20-3/h5-10,15H,4H2,1-3H3,(H,18,19)/b8-6+. The number of amides is 1. The quantitative estimate of drug-likeness (QED) is 0.786. The summed E-state index contributed by atoms with van der Waals surface area (Å²) in [7, 11) is 1.36. The molecule has 0 aliphatic heterocycles. The fourth-order valence-corrected chi connectivity index (χ4v) is 1.55. The number of benzene rings is 1. The van der Waals surface area contributed by atoms with Gasteiger partial charge in [-0.1, -0.05) is 13.0 Å². The van der Waals surface area contributed by atoms with Crippen LogP contribution in [0.4, 0.5) is 8.78 Å². The second-order valence-electron chi connectivity index (χ2n) is 4.44. The van der Waals surface area contributed by atoms with Gasteiger partial charge in [-0.05, 0) is 37.1 Å². The summed E-state index contributed by atoms with van der Waals surface area (Å²) in [5, 5.41) is 2.79. The van der Waals surface area contributed by atoms with Crippen molar-refractivity contribution in [2.45, 2.75) is 32.9 Å². The van der Waals surface area contributed by atoms with E-state index >= 15 is 0 Å². The third-order valence-corrected chi connectivity index (χ3v) is 2.83. The molecular formula is C15H19F2NO3. The van der Waals surface area contributed by atoms with Gasteiger partial charge in [0.15, 0.2) is 11.5 Å². The third-order valence-electron chi connectivity index (χ3n) is 2.83. The number of rotatable bonds is 7. The first-order valence-electron chi connectivity index (χ1n) is 6.57. The highest BCUT2D eigenvalue weighted by Crippen LogP contribution is 2.29.